The van der Waals surface area contributed by atoms with Crippen LogP contribution in [0.4, 0.5) is 0 Å². The summed E-state index contributed by atoms with van der Waals surface area (Å²) < 4.78 is 0. The van der Waals surface area contributed by atoms with Crippen LogP contribution in [0.5, 0.6) is 0 Å². The maximum absolute atomic E-state index is 12.3. The van der Waals surface area contributed by atoms with Gasteiger partial charge in [-0.1, -0.05) is 0 Å². The van der Waals surface area contributed by atoms with Crippen molar-refractivity contribution in [2.24, 2.45) is 10.2 Å². The Morgan fingerprint density at radius 3 is 2.90 bits per heavy atom. The van der Waals surface area contributed by atoms with Crippen LogP contribution in [0, 0.1) is 12.3 Å². The maximum atomic E-state index is 12.3. The summed E-state index contributed by atoms with van der Waals surface area (Å²) in [6.07, 6.45) is 9.24. The smallest absolute Gasteiger partial charge is 0.223 e. The van der Waals surface area contributed by atoms with Crippen LogP contribution in [0.2, 0.25) is 0 Å². The first-order valence-electron chi connectivity index (χ1n) is 7.58. The Balaban J connectivity index is 1.46. The summed E-state index contributed by atoms with van der Waals surface area (Å²) >= 11 is 0. The second-order valence-corrected chi connectivity index (χ2v) is 6.01. The largest absolute Gasteiger partial charge is 0.339 e. The number of carbonyl (C=O) groups excluding carboxylic acids is 2. The predicted octanol–water partition coefficient (Wildman–Crippen LogP) is 1.18. The summed E-state index contributed by atoms with van der Waals surface area (Å²) in [5.41, 5.74) is -0.382. The van der Waals surface area contributed by atoms with Crippen molar-refractivity contribution in [2.45, 2.75) is 50.2 Å². The number of fused-ring (bicyclic) bond motifs is 1. The minimum Gasteiger partial charge on any atom is -0.339 e. The zero-order chi connectivity index (χ0) is 14.9. The molecule has 0 N–H and O–H groups in total. The number of carbonyl (C=O) groups is 2. The molecule has 3 rings (SSSR count). The Labute approximate surface area is 124 Å². The fraction of sp³-hybridized carbons (Fsp3) is 0.733. The molecule has 0 aliphatic carbocycles. The summed E-state index contributed by atoms with van der Waals surface area (Å²) in [7, 11) is 0. The van der Waals surface area contributed by atoms with E-state index in [4.69, 9.17) is 6.42 Å². The van der Waals surface area contributed by atoms with Gasteiger partial charge in [0, 0.05) is 57.8 Å². The van der Waals surface area contributed by atoms with Crippen LogP contribution in [-0.4, -0.2) is 53.0 Å². The Morgan fingerprint density at radius 2 is 2.19 bits per heavy atom. The molecule has 1 unspecified atom stereocenters. The molecule has 0 bridgehead atoms. The molecular weight excluding hydrogens is 268 g/mol. The lowest BCUT2D eigenvalue weighted by Crippen LogP contribution is -2.53. The SMILES string of the molecule is C#CCCC1(CCC(=O)N2CCN3C(=O)CCC3C2)N=N1. The van der Waals surface area contributed by atoms with Gasteiger partial charge < -0.3 is 9.80 Å². The number of piperazine rings is 1. The highest BCUT2D eigenvalue weighted by atomic mass is 16.2. The topological polar surface area (TPSA) is 65.3 Å². The standard InChI is InChI=1S/C15H20N4O2/c1-2-3-7-15(16-17-15)8-6-13(20)18-9-10-19-12(11-18)4-5-14(19)21/h1,12H,3-11H2. The van der Waals surface area contributed by atoms with E-state index in [0.29, 0.717) is 45.3 Å². The third-order valence-corrected chi connectivity index (χ3v) is 4.64. The molecule has 0 radical (unpaired) electrons. The van der Waals surface area contributed by atoms with Crippen molar-refractivity contribution in [3.63, 3.8) is 0 Å². The van der Waals surface area contributed by atoms with Gasteiger partial charge in [0.2, 0.25) is 11.8 Å². The van der Waals surface area contributed by atoms with Gasteiger partial charge in [0.25, 0.3) is 0 Å². The van der Waals surface area contributed by atoms with Gasteiger partial charge in [-0.3, -0.25) is 9.59 Å². The number of hydrogen-bond acceptors (Lipinski definition) is 4. The van der Waals surface area contributed by atoms with Crippen LogP contribution in [0.1, 0.15) is 38.5 Å². The summed E-state index contributed by atoms with van der Waals surface area (Å²) in [6.45, 7) is 2.00. The Morgan fingerprint density at radius 1 is 1.38 bits per heavy atom. The molecule has 3 aliphatic heterocycles. The van der Waals surface area contributed by atoms with Gasteiger partial charge >= 0.3 is 0 Å². The van der Waals surface area contributed by atoms with Gasteiger partial charge in [-0.15, -0.1) is 12.3 Å². The van der Waals surface area contributed by atoms with Crippen LogP contribution in [0.25, 0.3) is 0 Å². The van der Waals surface area contributed by atoms with Gasteiger partial charge in [-0.25, -0.2) is 0 Å². The number of rotatable bonds is 5. The van der Waals surface area contributed by atoms with Crippen LogP contribution in [-0.2, 0) is 9.59 Å². The minimum absolute atomic E-state index is 0.145. The zero-order valence-electron chi connectivity index (χ0n) is 12.1. The highest BCUT2D eigenvalue weighted by molar-refractivity contribution is 5.80. The first-order valence-corrected chi connectivity index (χ1v) is 7.58. The molecule has 21 heavy (non-hydrogen) atoms. The minimum atomic E-state index is -0.382. The molecule has 0 aromatic carbocycles. The quantitative estimate of drug-likeness (QED) is 0.713. The van der Waals surface area contributed by atoms with E-state index in [9.17, 15) is 9.59 Å². The molecule has 3 aliphatic rings. The van der Waals surface area contributed by atoms with Crippen molar-refractivity contribution in [1.29, 1.82) is 0 Å². The van der Waals surface area contributed by atoms with E-state index in [0.717, 1.165) is 12.8 Å². The van der Waals surface area contributed by atoms with E-state index in [1.54, 1.807) is 0 Å². The average Bonchev–Trinajstić information content (AvgIpc) is 3.19. The summed E-state index contributed by atoms with van der Waals surface area (Å²) in [5.74, 6) is 2.97. The number of amides is 2. The first kappa shape index (κ1) is 14.1. The molecule has 0 aromatic rings. The van der Waals surface area contributed by atoms with Crippen molar-refractivity contribution < 1.29 is 9.59 Å². The third kappa shape index (κ3) is 2.92. The van der Waals surface area contributed by atoms with E-state index in [1.165, 1.54) is 0 Å². The molecule has 1 atom stereocenters. The van der Waals surface area contributed by atoms with E-state index >= 15 is 0 Å². The molecule has 0 spiro atoms. The highest BCUT2D eigenvalue weighted by Gasteiger charge is 2.41. The van der Waals surface area contributed by atoms with Gasteiger partial charge in [0.15, 0.2) is 5.66 Å². The summed E-state index contributed by atoms with van der Waals surface area (Å²) in [6, 6.07) is 0.223. The van der Waals surface area contributed by atoms with Crippen molar-refractivity contribution in [3.8, 4) is 12.3 Å². The summed E-state index contributed by atoms with van der Waals surface area (Å²) in [5, 5.41) is 8.11. The summed E-state index contributed by atoms with van der Waals surface area (Å²) in [4.78, 5) is 27.8. The Kier molecular flexibility index (Phi) is 3.66. The first-order chi connectivity index (χ1) is 10.1. The molecule has 0 aromatic heterocycles. The normalized spacial score (nSPS) is 25.7. The van der Waals surface area contributed by atoms with Crippen LogP contribution in [0.15, 0.2) is 10.2 Å². The van der Waals surface area contributed by atoms with E-state index < -0.39 is 0 Å². The van der Waals surface area contributed by atoms with Gasteiger partial charge in [-0.05, 0) is 6.42 Å². The fourth-order valence-electron chi connectivity index (χ4n) is 3.22. The second-order valence-electron chi connectivity index (χ2n) is 6.01. The molecule has 6 nitrogen and oxygen atoms in total. The van der Waals surface area contributed by atoms with Gasteiger partial charge in [-0.2, -0.15) is 10.2 Å². The molecule has 2 saturated heterocycles. The van der Waals surface area contributed by atoms with Crippen LogP contribution >= 0.6 is 0 Å². The molecule has 2 fully saturated rings. The van der Waals surface area contributed by atoms with E-state index in [2.05, 4.69) is 16.1 Å². The number of terminal acetylenes is 1. The van der Waals surface area contributed by atoms with Gasteiger partial charge in [0.1, 0.15) is 0 Å². The van der Waals surface area contributed by atoms with Crippen LogP contribution in [0.3, 0.4) is 0 Å². The molecule has 112 valence electrons. The van der Waals surface area contributed by atoms with Crippen molar-refractivity contribution in [3.05, 3.63) is 0 Å². The number of hydrogen-bond donors (Lipinski definition) is 0. The second kappa shape index (κ2) is 5.47. The van der Waals surface area contributed by atoms with Crippen molar-refractivity contribution >= 4 is 11.8 Å². The zero-order valence-corrected chi connectivity index (χ0v) is 12.1. The number of nitrogens with zero attached hydrogens (tertiary/aromatic N) is 4. The monoisotopic (exact) mass is 288 g/mol. The van der Waals surface area contributed by atoms with E-state index in [-0.39, 0.29) is 23.5 Å². The highest BCUT2D eigenvalue weighted by Crippen LogP contribution is 2.37. The van der Waals surface area contributed by atoms with Crippen molar-refractivity contribution in [2.75, 3.05) is 19.6 Å². The molecule has 6 heteroatoms. The lowest BCUT2D eigenvalue weighted by molar-refractivity contribution is -0.139. The predicted molar refractivity (Wildman–Crippen MR) is 76.2 cm³/mol. The molecule has 2 amide bonds. The Bertz CT molecular complexity index is 516. The van der Waals surface area contributed by atoms with Crippen LogP contribution < -0.4 is 0 Å². The lowest BCUT2D eigenvalue weighted by Gasteiger charge is -2.37. The maximum Gasteiger partial charge on any atom is 0.223 e. The average molecular weight is 288 g/mol. The lowest BCUT2D eigenvalue weighted by atomic mass is 10.0. The van der Waals surface area contributed by atoms with Gasteiger partial charge in [0.05, 0.1) is 0 Å². The molecule has 3 heterocycles. The molecule has 0 saturated carbocycles. The fourth-order valence-corrected chi connectivity index (χ4v) is 3.22. The van der Waals surface area contributed by atoms with Crippen molar-refractivity contribution in [1.82, 2.24) is 9.80 Å². The Hall–Kier alpha value is -1.90. The molecular formula is C15H20N4O2. The van der Waals surface area contributed by atoms with E-state index in [1.807, 2.05) is 9.80 Å². The third-order valence-electron chi connectivity index (χ3n) is 4.64.